The highest BCUT2D eigenvalue weighted by Gasteiger charge is 2.86. The maximum Gasteiger partial charge on any atom is 0.208 e. The highest BCUT2D eigenvalue weighted by Crippen LogP contribution is 2.75. The van der Waals surface area contributed by atoms with Crippen LogP contribution in [0.1, 0.15) is 62.9 Å². The molecule has 3 aliphatic heterocycles. The van der Waals surface area contributed by atoms with Crippen molar-refractivity contribution in [2.24, 2.45) is 28.6 Å². The standard InChI is InChI=1S/C27H36N2O5S/c1-14-15-8-9-17-25-13-34-27(33,26(17,20(14)30)21(15)31)22(32)18(25)24(2,3)12-16-19(25)28-23(35-16)29-10-6-4-5-7-11-29/h15,17-18,21-22,31-33H,1,4-13H2,2-3H3/t15-,17?,18?,21+,22-,25-,26-,27-/m0/s1. The molecule has 3 saturated carbocycles. The van der Waals surface area contributed by atoms with E-state index in [0.717, 1.165) is 43.2 Å². The Morgan fingerprint density at radius 2 is 1.83 bits per heavy atom. The first-order chi connectivity index (χ1) is 16.6. The van der Waals surface area contributed by atoms with E-state index in [1.54, 1.807) is 11.3 Å². The predicted octanol–water partition coefficient (Wildman–Crippen LogP) is 2.57. The fourth-order valence-corrected chi connectivity index (χ4v) is 10.9. The Labute approximate surface area is 210 Å². The van der Waals surface area contributed by atoms with Crippen LogP contribution in [0, 0.1) is 28.6 Å². The van der Waals surface area contributed by atoms with E-state index in [1.807, 2.05) is 0 Å². The summed E-state index contributed by atoms with van der Waals surface area (Å²) in [6.45, 7) is 10.5. The molecule has 2 spiro atoms. The van der Waals surface area contributed by atoms with Gasteiger partial charge in [0.1, 0.15) is 11.5 Å². The van der Waals surface area contributed by atoms with E-state index in [-0.39, 0.29) is 29.6 Å². The van der Waals surface area contributed by atoms with Gasteiger partial charge >= 0.3 is 0 Å². The first kappa shape index (κ1) is 22.8. The topological polar surface area (TPSA) is 103 Å². The number of carbonyl (C=O) groups is 1. The fourth-order valence-electron chi connectivity index (χ4n) is 9.48. The normalized spacial score (nSPS) is 47.8. The summed E-state index contributed by atoms with van der Waals surface area (Å²) in [7, 11) is 0. The van der Waals surface area contributed by atoms with Gasteiger partial charge < -0.3 is 25.0 Å². The summed E-state index contributed by atoms with van der Waals surface area (Å²) in [6, 6.07) is 0. The van der Waals surface area contributed by atoms with Crippen LogP contribution in [-0.2, 0) is 21.4 Å². The van der Waals surface area contributed by atoms with Crippen molar-refractivity contribution in [2.75, 3.05) is 24.6 Å². The summed E-state index contributed by atoms with van der Waals surface area (Å²) in [5, 5.41) is 36.5. The Kier molecular flexibility index (Phi) is 4.54. The number of aliphatic hydroxyl groups is 3. The van der Waals surface area contributed by atoms with E-state index < -0.39 is 34.7 Å². The molecule has 4 heterocycles. The molecule has 2 unspecified atom stereocenters. The quantitative estimate of drug-likeness (QED) is 0.509. The molecule has 8 heteroatoms. The largest absolute Gasteiger partial charge is 0.391 e. The summed E-state index contributed by atoms with van der Waals surface area (Å²) >= 11 is 1.75. The molecule has 3 saturated heterocycles. The van der Waals surface area contributed by atoms with Gasteiger partial charge in [0.25, 0.3) is 0 Å². The number of Topliss-reactive ketones (excluding diaryl/α,β-unsaturated/α-hetero) is 1. The summed E-state index contributed by atoms with van der Waals surface area (Å²) < 4.78 is 6.18. The molecular formula is C27H36N2O5S. The summed E-state index contributed by atoms with van der Waals surface area (Å²) in [5.41, 5.74) is -1.38. The second-order valence-electron chi connectivity index (χ2n) is 12.7. The minimum Gasteiger partial charge on any atom is -0.391 e. The molecule has 190 valence electrons. The molecule has 3 N–H and O–H groups in total. The number of ketones is 1. The third-order valence-corrected chi connectivity index (χ3v) is 11.9. The van der Waals surface area contributed by atoms with Crippen molar-refractivity contribution in [1.29, 1.82) is 0 Å². The number of ether oxygens (including phenoxy) is 1. The van der Waals surface area contributed by atoms with E-state index in [4.69, 9.17) is 9.72 Å². The van der Waals surface area contributed by atoms with Crippen molar-refractivity contribution in [3.05, 3.63) is 22.7 Å². The molecule has 0 aromatic carbocycles. The third kappa shape index (κ3) is 2.38. The molecule has 0 amide bonds. The first-order valence-electron chi connectivity index (χ1n) is 13.3. The Morgan fingerprint density at radius 1 is 1.11 bits per heavy atom. The second kappa shape index (κ2) is 6.95. The van der Waals surface area contributed by atoms with Crippen molar-refractivity contribution in [3.63, 3.8) is 0 Å². The lowest BCUT2D eigenvalue weighted by molar-refractivity contribution is -0.429. The lowest BCUT2D eigenvalue weighted by Crippen LogP contribution is -2.85. The zero-order valence-corrected chi connectivity index (χ0v) is 21.4. The molecule has 4 aliphatic carbocycles. The van der Waals surface area contributed by atoms with Crippen LogP contribution in [0.4, 0.5) is 5.13 Å². The van der Waals surface area contributed by atoms with Crippen molar-refractivity contribution in [2.45, 2.75) is 82.2 Å². The zero-order valence-electron chi connectivity index (χ0n) is 20.6. The summed E-state index contributed by atoms with van der Waals surface area (Å²) in [4.78, 5) is 22.8. The number of rotatable bonds is 1. The molecule has 35 heavy (non-hydrogen) atoms. The van der Waals surface area contributed by atoms with E-state index in [1.165, 1.54) is 17.7 Å². The van der Waals surface area contributed by atoms with Crippen LogP contribution in [0.5, 0.6) is 0 Å². The van der Waals surface area contributed by atoms with Crippen LogP contribution in [0.25, 0.3) is 0 Å². The molecule has 7 nitrogen and oxygen atoms in total. The van der Waals surface area contributed by atoms with Crippen LogP contribution < -0.4 is 4.90 Å². The molecule has 8 atom stereocenters. The molecule has 7 aliphatic rings. The van der Waals surface area contributed by atoms with Crippen LogP contribution in [0.15, 0.2) is 12.2 Å². The molecule has 8 rings (SSSR count). The number of aliphatic hydroxyl groups excluding tert-OH is 2. The SMILES string of the molecule is C=C1C(=O)[C@@]23C(CC[C@@H]1[C@H]2O)[C@@]12CO[C@@]3(O)[C@@H](O)C1C(C)(C)Cc1sc(N3CCCCCC3)nc12. The highest BCUT2D eigenvalue weighted by atomic mass is 32.1. The molecule has 1 aromatic rings. The van der Waals surface area contributed by atoms with E-state index in [0.29, 0.717) is 18.4 Å². The smallest absolute Gasteiger partial charge is 0.208 e. The number of thiazole rings is 1. The lowest BCUT2D eigenvalue weighted by Gasteiger charge is -2.73. The van der Waals surface area contributed by atoms with Crippen LogP contribution in [0.3, 0.4) is 0 Å². The van der Waals surface area contributed by atoms with Gasteiger partial charge in [0, 0.05) is 35.2 Å². The van der Waals surface area contributed by atoms with Crippen molar-refractivity contribution < 1.29 is 24.9 Å². The Morgan fingerprint density at radius 3 is 2.54 bits per heavy atom. The first-order valence-corrected chi connectivity index (χ1v) is 14.1. The molecule has 1 aromatic heterocycles. The second-order valence-corrected chi connectivity index (χ2v) is 13.7. The number of anilines is 1. The van der Waals surface area contributed by atoms with Gasteiger partial charge in [-0.15, -0.1) is 11.3 Å². The van der Waals surface area contributed by atoms with Gasteiger partial charge in [-0.25, -0.2) is 4.98 Å². The summed E-state index contributed by atoms with van der Waals surface area (Å²) in [6.07, 6.45) is 4.48. The third-order valence-electron chi connectivity index (χ3n) is 10.8. The molecule has 4 bridgehead atoms. The van der Waals surface area contributed by atoms with Crippen LogP contribution in [0.2, 0.25) is 0 Å². The maximum atomic E-state index is 13.9. The van der Waals surface area contributed by atoms with Gasteiger partial charge in [-0.3, -0.25) is 4.79 Å². The van der Waals surface area contributed by atoms with Crippen LogP contribution in [-0.4, -0.2) is 63.8 Å². The summed E-state index contributed by atoms with van der Waals surface area (Å²) in [5.74, 6) is -3.55. The number of aromatic nitrogens is 1. The number of nitrogens with zero attached hydrogens (tertiary/aromatic N) is 2. The number of carbonyl (C=O) groups excluding carboxylic acids is 1. The van der Waals surface area contributed by atoms with Crippen molar-refractivity contribution in [1.82, 2.24) is 4.98 Å². The molecule has 0 radical (unpaired) electrons. The molecular weight excluding hydrogens is 464 g/mol. The monoisotopic (exact) mass is 500 g/mol. The Balaban J connectivity index is 1.46. The maximum absolute atomic E-state index is 13.9. The van der Waals surface area contributed by atoms with E-state index in [9.17, 15) is 20.1 Å². The number of fused-ring (bicyclic) bond motifs is 3. The van der Waals surface area contributed by atoms with Gasteiger partial charge in [0.15, 0.2) is 10.9 Å². The van der Waals surface area contributed by atoms with Crippen molar-refractivity contribution in [3.8, 4) is 0 Å². The fraction of sp³-hybridized carbons (Fsp3) is 0.778. The van der Waals surface area contributed by atoms with E-state index >= 15 is 0 Å². The Hall–Kier alpha value is -1.32. The van der Waals surface area contributed by atoms with Gasteiger partial charge in [-0.05, 0) is 49.0 Å². The van der Waals surface area contributed by atoms with Gasteiger partial charge in [-0.2, -0.15) is 0 Å². The predicted molar refractivity (Wildman–Crippen MR) is 131 cm³/mol. The van der Waals surface area contributed by atoms with E-state index in [2.05, 4.69) is 25.3 Å². The molecule has 6 fully saturated rings. The minimum absolute atomic E-state index is 0.203. The average molecular weight is 501 g/mol. The lowest BCUT2D eigenvalue weighted by atomic mass is 9.36. The van der Waals surface area contributed by atoms with Crippen molar-refractivity contribution >= 4 is 22.3 Å². The highest BCUT2D eigenvalue weighted by molar-refractivity contribution is 7.15. The number of hydrogen-bond acceptors (Lipinski definition) is 8. The van der Waals surface area contributed by atoms with Crippen LogP contribution >= 0.6 is 11.3 Å². The van der Waals surface area contributed by atoms with Gasteiger partial charge in [0.05, 0.1) is 18.4 Å². The van der Waals surface area contributed by atoms with Gasteiger partial charge in [-0.1, -0.05) is 33.3 Å². The average Bonchev–Trinajstić information content (AvgIpc) is 3.09. The Bertz CT molecular complexity index is 1120. The van der Waals surface area contributed by atoms with Gasteiger partial charge in [0.2, 0.25) is 5.79 Å². The minimum atomic E-state index is -2.13. The number of hydrogen-bond donors (Lipinski definition) is 3. The zero-order chi connectivity index (χ0) is 24.5.